The van der Waals surface area contributed by atoms with Crippen molar-refractivity contribution in [1.82, 2.24) is 0 Å². The van der Waals surface area contributed by atoms with Crippen LogP contribution in [0.1, 0.15) is 6.92 Å². The van der Waals surface area contributed by atoms with E-state index in [1.54, 1.807) is 19.1 Å². The molecule has 0 atom stereocenters. The van der Waals surface area contributed by atoms with E-state index in [9.17, 15) is 4.79 Å². The summed E-state index contributed by atoms with van der Waals surface area (Å²) in [4.78, 5) is 11.2. The lowest BCUT2D eigenvalue weighted by atomic mass is 10.1. The topological polar surface area (TPSA) is 35.5 Å². The molecule has 1 radical (unpaired) electrons. The van der Waals surface area contributed by atoms with E-state index in [4.69, 9.17) is 9.47 Å². The fourth-order valence-corrected chi connectivity index (χ4v) is 1.46. The predicted molar refractivity (Wildman–Crippen MR) is 60.4 cm³/mol. The smallest absolute Gasteiger partial charge is 0.434 e. The zero-order valence-corrected chi connectivity index (χ0v) is 8.90. The van der Waals surface area contributed by atoms with Crippen LogP contribution >= 0.6 is 0 Å². The summed E-state index contributed by atoms with van der Waals surface area (Å²) in [5, 5.41) is 1.85. The van der Waals surface area contributed by atoms with Crippen molar-refractivity contribution >= 4 is 16.9 Å². The molecule has 0 heterocycles. The molecule has 0 fully saturated rings. The quantitative estimate of drug-likeness (QED) is 0.570. The second-order valence-electron chi connectivity index (χ2n) is 3.19. The summed E-state index contributed by atoms with van der Waals surface area (Å²) in [6.07, 6.45) is -0.678. The van der Waals surface area contributed by atoms with Crippen LogP contribution in [0.3, 0.4) is 0 Å². The SMILES string of the molecule is CCOC(=O)Oc1cccc2c[c]ccc12. The largest absolute Gasteiger partial charge is 0.513 e. The molecule has 2 rings (SSSR count). The van der Waals surface area contributed by atoms with Gasteiger partial charge in [0.25, 0.3) is 0 Å². The molecule has 0 N–H and O–H groups in total. The molecule has 0 saturated carbocycles. The van der Waals surface area contributed by atoms with Crippen LogP contribution in [0.15, 0.2) is 36.4 Å². The molecule has 0 unspecified atom stereocenters. The highest BCUT2D eigenvalue weighted by atomic mass is 16.7. The highest BCUT2D eigenvalue weighted by molar-refractivity contribution is 5.89. The fraction of sp³-hybridized carbons (Fsp3) is 0.154. The van der Waals surface area contributed by atoms with Crippen LogP contribution in [0.2, 0.25) is 0 Å². The van der Waals surface area contributed by atoms with Gasteiger partial charge in [-0.2, -0.15) is 0 Å². The van der Waals surface area contributed by atoms with Crippen molar-refractivity contribution in [2.24, 2.45) is 0 Å². The highest BCUT2D eigenvalue weighted by Crippen LogP contribution is 2.25. The molecule has 0 bridgehead atoms. The van der Waals surface area contributed by atoms with Crippen molar-refractivity contribution in [3.63, 3.8) is 0 Å². The molecular weight excluding hydrogens is 204 g/mol. The Bertz CT molecular complexity index is 500. The standard InChI is InChI=1S/C13H11O3/c1-2-15-13(14)16-12-9-5-7-10-6-3-4-8-11(10)12/h4-9H,2H2,1H3. The third-order valence-corrected chi connectivity index (χ3v) is 2.14. The van der Waals surface area contributed by atoms with Gasteiger partial charge in [0.15, 0.2) is 0 Å². The Balaban J connectivity index is 2.33. The van der Waals surface area contributed by atoms with Crippen LogP contribution < -0.4 is 4.74 Å². The number of carbonyl (C=O) groups excluding carboxylic acids is 1. The zero-order chi connectivity index (χ0) is 11.4. The molecule has 2 aromatic rings. The van der Waals surface area contributed by atoms with Gasteiger partial charge in [-0.3, -0.25) is 0 Å². The number of hydrogen-bond donors (Lipinski definition) is 0. The molecule has 81 valence electrons. The van der Waals surface area contributed by atoms with E-state index in [1.807, 2.05) is 24.3 Å². The van der Waals surface area contributed by atoms with Gasteiger partial charge in [0.2, 0.25) is 0 Å². The number of rotatable bonds is 2. The highest BCUT2D eigenvalue weighted by Gasteiger charge is 2.07. The van der Waals surface area contributed by atoms with Crippen molar-refractivity contribution in [2.75, 3.05) is 6.61 Å². The Hall–Kier alpha value is -2.03. The van der Waals surface area contributed by atoms with Crippen molar-refractivity contribution in [1.29, 1.82) is 0 Å². The van der Waals surface area contributed by atoms with Gasteiger partial charge in [0.1, 0.15) is 5.75 Å². The number of fused-ring (bicyclic) bond motifs is 1. The third-order valence-electron chi connectivity index (χ3n) is 2.14. The predicted octanol–water partition coefficient (Wildman–Crippen LogP) is 3.18. The van der Waals surface area contributed by atoms with Gasteiger partial charge >= 0.3 is 6.16 Å². The van der Waals surface area contributed by atoms with E-state index < -0.39 is 6.16 Å². The molecule has 0 aliphatic carbocycles. The van der Waals surface area contributed by atoms with E-state index in [0.717, 1.165) is 10.8 Å². The molecule has 3 heteroatoms. The summed E-state index contributed by atoms with van der Waals surface area (Å²) in [6, 6.07) is 13.9. The first kappa shape index (κ1) is 10.5. The second kappa shape index (κ2) is 4.66. The van der Waals surface area contributed by atoms with E-state index in [1.165, 1.54) is 0 Å². The summed E-state index contributed by atoms with van der Waals surface area (Å²) in [6.45, 7) is 2.04. The molecule has 0 aromatic heterocycles. The van der Waals surface area contributed by atoms with Crippen LogP contribution in [0.5, 0.6) is 5.75 Å². The van der Waals surface area contributed by atoms with E-state index in [0.29, 0.717) is 12.4 Å². The van der Waals surface area contributed by atoms with Gasteiger partial charge in [0.05, 0.1) is 6.61 Å². The number of ether oxygens (including phenoxy) is 2. The molecule has 16 heavy (non-hydrogen) atoms. The van der Waals surface area contributed by atoms with Gasteiger partial charge < -0.3 is 9.47 Å². The Labute approximate surface area is 93.6 Å². The molecule has 0 aliphatic rings. The lowest BCUT2D eigenvalue weighted by Gasteiger charge is -2.06. The summed E-state index contributed by atoms with van der Waals surface area (Å²) in [5.74, 6) is 0.505. The summed E-state index contributed by atoms with van der Waals surface area (Å²) in [7, 11) is 0. The first-order valence-electron chi connectivity index (χ1n) is 5.04. The molecule has 2 aromatic carbocycles. The van der Waals surface area contributed by atoms with E-state index >= 15 is 0 Å². The number of benzene rings is 2. The maximum Gasteiger partial charge on any atom is 0.513 e. The molecule has 0 amide bonds. The van der Waals surface area contributed by atoms with Crippen LogP contribution in [-0.4, -0.2) is 12.8 Å². The first-order chi connectivity index (χ1) is 7.81. The zero-order valence-electron chi connectivity index (χ0n) is 8.90. The van der Waals surface area contributed by atoms with Crippen molar-refractivity contribution < 1.29 is 14.3 Å². The van der Waals surface area contributed by atoms with Crippen molar-refractivity contribution in [3.05, 3.63) is 42.5 Å². The van der Waals surface area contributed by atoms with Crippen LogP contribution in [0, 0.1) is 6.07 Å². The normalized spacial score (nSPS) is 10.1. The summed E-state index contributed by atoms with van der Waals surface area (Å²) < 4.78 is 9.82. The average molecular weight is 215 g/mol. The Morgan fingerprint density at radius 1 is 1.38 bits per heavy atom. The van der Waals surface area contributed by atoms with Gasteiger partial charge in [-0.15, -0.1) is 0 Å². The van der Waals surface area contributed by atoms with E-state index in [-0.39, 0.29) is 0 Å². The minimum absolute atomic E-state index is 0.303. The van der Waals surface area contributed by atoms with E-state index in [2.05, 4.69) is 6.07 Å². The first-order valence-corrected chi connectivity index (χ1v) is 5.04. The monoisotopic (exact) mass is 215 g/mol. The Morgan fingerprint density at radius 2 is 2.25 bits per heavy atom. The summed E-state index contributed by atoms with van der Waals surface area (Å²) in [5.41, 5.74) is 0. The minimum atomic E-state index is -0.678. The van der Waals surface area contributed by atoms with Gasteiger partial charge in [-0.1, -0.05) is 24.3 Å². The molecule has 0 spiro atoms. The van der Waals surface area contributed by atoms with Crippen molar-refractivity contribution in [3.8, 4) is 5.75 Å². The number of carbonyl (C=O) groups is 1. The fourth-order valence-electron chi connectivity index (χ4n) is 1.46. The lowest BCUT2D eigenvalue weighted by molar-refractivity contribution is 0.105. The van der Waals surface area contributed by atoms with Gasteiger partial charge in [-0.05, 0) is 30.5 Å². The van der Waals surface area contributed by atoms with Gasteiger partial charge in [0, 0.05) is 5.39 Å². The van der Waals surface area contributed by atoms with Crippen LogP contribution in [0.25, 0.3) is 10.8 Å². The molecular formula is C13H11O3. The number of hydrogen-bond acceptors (Lipinski definition) is 3. The second-order valence-corrected chi connectivity index (χ2v) is 3.19. The van der Waals surface area contributed by atoms with Gasteiger partial charge in [-0.25, -0.2) is 4.79 Å². The maximum atomic E-state index is 11.2. The Kier molecular flexibility index (Phi) is 3.05. The average Bonchev–Trinajstić information content (AvgIpc) is 2.30. The summed E-state index contributed by atoms with van der Waals surface area (Å²) >= 11 is 0. The Morgan fingerprint density at radius 3 is 3.06 bits per heavy atom. The van der Waals surface area contributed by atoms with Crippen LogP contribution in [-0.2, 0) is 4.74 Å². The molecule has 3 nitrogen and oxygen atoms in total. The van der Waals surface area contributed by atoms with Crippen molar-refractivity contribution in [2.45, 2.75) is 6.92 Å². The maximum absolute atomic E-state index is 11.2. The minimum Gasteiger partial charge on any atom is -0.434 e. The molecule has 0 aliphatic heterocycles. The third kappa shape index (κ3) is 2.14. The van der Waals surface area contributed by atoms with Crippen LogP contribution in [0.4, 0.5) is 4.79 Å². The lowest BCUT2D eigenvalue weighted by Crippen LogP contribution is -2.10. The molecule has 0 saturated heterocycles.